The Morgan fingerprint density at radius 1 is 1.19 bits per heavy atom. The summed E-state index contributed by atoms with van der Waals surface area (Å²) in [5, 5.41) is 0. The summed E-state index contributed by atoms with van der Waals surface area (Å²) < 4.78 is 7.67. The standard InChI is InChI=1S/C16H16N4O/c1-17-20-9-8-19-16(20)14-5-2-6-15(10-14)21-12-13-4-3-7-18-11-13/h2-11,17H,12H2,1H3. The maximum atomic E-state index is 5.81. The fourth-order valence-electron chi connectivity index (χ4n) is 2.07. The highest BCUT2D eigenvalue weighted by molar-refractivity contribution is 5.58. The summed E-state index contributed by atoms with van der Waals surface area (Å²) in [5.41, 5.74) is 5.10. The number of nitrogens with zero attached hydrogens (tertiary/aromatic N) is 3. The summed E-state index contributed by atoms with van der Waals surface area (Å²) in [6, 6.07) is 11.8. The average Bonchev–Trinajstić information content (AvgIpc) is 3.03. The van der Waals surface area contributed by atoms with Crippen LogP contribution in [0.1, 0.15) is 5.56 Å². The third-order valence-corrected chi connectivity index (χ3v) is 3.10. The Bertz CT molecular complexity index is 709. The second kappa shape index (κ2) is 6.09. The molecular formula is C16H16N4O. The van der Waals surface area contributed by atoms with Gasteiger partial charge in [0.25, 0.3) is 0 Å². The van der Waals surface area contributed by atoms with Crippen LogP contribution in [0.15, 0.2) is 61.2 Å². The van der Waals surface area contributed by atoms with Crippen molar-refractivity contribution in [2.24, 2.45) is 0 Å². The lowest BCUT2D eigenvalue weighted by Crippen LogP contribution is -2.08. The van der Waals surface area contributed by atoms with Gasteiger partial charge >= 0.3 is 0 Å². The van der Waals surface area contributed by atoms with Crippen molar-refractivity contribution in [1.82, 2.24) is 14.6 Å². The SMILES string of the molecule is CNn1ccnc1-c1cccc(OCc2cccnc2)c1. The Kier molecular flexibility index (Phi) is 3.82. The molecule has 1 aromatic carbocycles. The third-order valence-electron chi connectivity index (χ3n) is 3.10. The first kappa shape index (κ1) is 13.2. The van der Waals surface area contributed by atoms with E-state index < -0.39 is 0 Å². The molecule has 106 valence electrons. The summed E-state index contributed by atoms with van der Waals surface area (Å²) in [4.78, 5) is 8.43. The number of imidazole rings is 1. The van der Waals surface area contributed by atoms with Crippen LogP contribution in [0.3, 0.4) is 0 Å². The summed E-state index contributed by atoms with van der Waals surface area (Å²) in [6.07, 6.45) is 7.19. The lowest BCUT2D eigenvalue weighted by Gasteiger charge is -2.09. The van der Waals surface area contributed by atoms with Crippen LogP contribution in [0.2, 0.25) is 0 Å². The topological polar surface area (TPSA) is 52.0 Å². The van der Waals surface area contributed by atoms with Crippen LogP contribution in [-0.4, -0.2) is 21.7 Å². The van der Waals surface area contributed by atoms with Crippen molar-refractivity contribution < 1.29 is 4.74 Å². The van der Waals surface area contributed by atoms with Crippen molar-refractivity contribution in [3.05, 3.63) is 66.7 Å². The molecule has 0 aliphatic heterocycles. The van der Waals surface area contributed by atoms with E-state index in [9.17, 15) is 0 Å². The number of benzene rings is 1. The van der Waals surface area contributed by atoms with Gasteiger partial charge in [-0.25, -0.2) is 9.66 Å². The van der Waals surface area contributed by atoms with Gasteiger partial charge in [-0.1, -0.05) is 18.2 Å². The third kappa shape index (κ3) is 3.02. The van der Waals surface area contributed by atoms with E-state index in [1.54, 1.807) is 18.6 Å². The molecule has 5 nitrogen and oxygen atoms in total. The van der Waals surface area contributed by atoms with Crippen LogP contribution in [0.4, 0.5) is 0 Å². The molecule has 0 radical (unpaired) electrons. The quantitative estimate of drug-likeness (QED) is 0.780. The van der Waals surface area contributed by atoms with Gasteiger partial charge < -0.3 is 10.2 Å². The smallest absolute Gasteiger partial charge is 0.158 e. The lowest BCUT2D eigenvalue weighted by atomic mass is 10.2. The molecule has 0 spiro atoms. The number of hydrogen-bond donors (Lipinski definition) is 1. The number of aromatic nitrogens is 3. The second-order valence-corrected chi connectivity index (χ2v) is 4.52. The number of rotatable bonds is 5. The molecule has 21 heavy (non-hydrogen) atoms. The van der Waals surface area contributed by atoms with Crippen LogP contribution >= 0.6 is 0 Å². The summed E-state index contributed by atoms with van der Waals surface area (Å²) in [7, 11) is 1.86. The summed E-state index contributed by atoms with van der Waals surface area (Å²) >= 11 is 0. The minimum absolute atomic E-state index is 0.498. The molecular weight excluding hydrogens is 264 g/mol. The summed E-state index contributed by atoms with van der Waals surface area (Å²) in [6.45, 7) is 0.498. The number of pyridine rings is 1. The van der Waals surface area contributed by atoms with Crippen LogP contribution < -0.4 is 10.2 Å². The molecule has 2 heterocycles. The highest BCUT2D eigenvalue weighted by Gasteiger charge is 2.06. The molecule has 3 rings (SSSR count). The van der Waals surface area contributed by atoms with Crippen molar-refractivity contribution in [3.63, 3.8) is 0 Å². The van der Waals surface area contributed by atoms with Gasteiger partial charge in [-0.2, -0.15) is 0 Å². The zero-order valence-electron chi connectivity index (χ0n) is 11.7. The Morgan fingerprint density at radius 2 is 2.14 bits per heavy atom. The van der Waals surface area contributed by atoms with Crippen molar-refractivity contribution in [2.45, 2.75) is 6.61 Å². The molecule has 5 heteroatoms. The first-order chi connectivity index (χ1) is 10.4. The van der Waals surface area contributed by atoms with Gasteiger partial charge in [-0.3, -0.25) is 4.98 Å². The molecule has 0 bridgehead atoms. The monoisotopic (exact) mass is 280 g/mol. The molecule has 0 saturated carbocycles. The van der Waals surface area contributed by atoms with E-state index >= 15 is 0 Å². The molecule has 1 N–H and O–H groups in total. The van der Waals surface area contributed by atoms with E-state index in [2.05, 4.69) is 15.4 Å². The highest BCUT2D eigenvalue weighted by Crippen LogP contribution is 2.22. The van der Waals surface area contributed by atoms with E-state index in [0.717, 1.165) is 22.7 Å². The number of hydrogen-bond acceptors (Lipinski definition) is 4. The molecule has 0 aliphatic rings. The molecule has 0 atom stereocenters. The predicted octanol–water partition coefficient (Wildman–Crippen LogP) is 2.70. The van der Waals surface area contributed by atoms with Crippen LogP contribution in [0.5, 0.6) is 5.75 Å². The minimum atomic E-state index is 0.498. The van der Waals surface area contributed by atoms with E-state index in [4.69, 9.17) is 4.74 Å². The fraction of sp³-hybridized carbons (Fsp3) is 0.125. The first-order valence-corrected chi connectivity index (χ1v) is 6.70. The van der Waals surface area contributed by atoms with Gasteiger partial charge in [0.05, 0.1) is 0 Å². The second-order valence-electron chi connectivity index (χ2n) is 4.52. The van der Waals surface area contributed by atoms with Gasteiger partial charge in [0.15, 0.2) is 5.82 Å². The molecule has 0 aliphatic carbocycles. The number of nitrogens with one attached hydrogen (secondary N) is 1. The average molecular weight is 280 g/mol. The normalized spacial score (nSPS) is 10.3. The molecule has 2 aromatic heterocycles. The van der Waals surface area contributed by atoms with Crippen molar-refractivity contribution in [2.75, 3.05) is 12.5 Å². The van der Waals surface area contributed by atoms with Crippen LogP contribution in [0, 0.1) is 0 Å². The Labute approximate surface area is 123 Å². The molecule has 3 aromatic rings. The van der Waals surface area contributed by atoms with Gasteiger partial charge in [0.1, 0.15) is 12.4 Å². The predicted molar refractivity (Wildman–Crippen MR) is 81.5 cm³/mol. The maximum Gasteiger partial charge on any atom is 0.158 e. The van der Waals surface area contributed by atoms with Crippen molar-refractivity contribution >= 4 is 0 Å². The molecule has 0 amide bonds. The van der Waals surface area contributed by atoms with Gasteiger partial charge in [-0.15, -0.1) is 0 Å². The van der Waals surface area contributed by atoms with Gasteiger partial charge in [0.2, 0.25) is 0 Å². The first-order valence-electron chi connectivity index (χ1n) is 6.70. The van der Waals surface area contributed by atoms with E-state index in [0.29, 0.717) is 6.61 Å². The Balaban J connectivity index is 1.77. The Morgan fingerprint density at radius 3 is 2.95 bits per heavy atom. The largest absolute Gasteiger partial charge is 0.489 e. The molecule has 0 fully saturated rings. The maximum absolute atomic E-state index is 5.81. The van der Waals surface area contributed by atoms with Gasteiger partial charge in [0, 0.05) is 43.0 Å². The number of ether oxygens (including phenoxy) is 1. The summed E-state index contributed by atoms with van der Waals surface area (Å²) in [5.74, 6) is 1.66. The zero-order chi connectivity index (χ0) is 14.5. The molecule has 0 unspecified atom stereocenters. The van der Waals surface area contributed by atoms with E-state index in [1.165, 1.54) is 0 Å². The van der Waals surface area contributed by atoms with Crippen LogP contribution in [-0.2, 0) is 6.61 Å². The van der Waals surface area contributed by atoms with Crippen molar-refractivity contribution in [3.8, 4) is 17.1 Å². The fourth-order valence-corrected chi connectivity index (χ4v) is 2.07. The minimum Gasteiger partial charge on any atom is -0.489 e. The van der Waals surface area contributed by atoms with Gasteiger partial charge in [-0.05, 0) is 18.2 Å². The lowest BCUT2D eigenvalue weighted by molar-refractivity contribution is 0.306. The zero-order valence-corrected chi connectivity index (χ0v) is 11.7. The van der Waals surface area contributed by atoms with E-state index in [-0.39, 0.29) is 0 Å². The van der Waals surface area contributed by atoms with Crippen molar-refractivity contribution in [1.29, 1.82) is 0 Å². The van der Waals surface area contributed by atoms with E-state index in [1.807, 2.05) is 54.3 Å². The highest BCUT2D eigenvalue weighted by atomic mass is 16.5. The Hall–Kier alpha value is -2.82. The van der Waals surface area contributed by atoms with Crippen LogP contribution in [0.25, 0.3) is 11.4 Å². The molecule has 0 saturated heterocycles.